The highest BCUT2D eigenvalue weighted by molar-refractivity contribution is 5.92. The molecular formula is C12H18N4O. The third-order valence-electron chi connectivity index (χ3n) is 2.76. The van der Waals surface area contributed by atoms with E-state index in [1.807, 2.05) is 0 Å². The quantitative estimate of drug-likeness (QED) is 0.790. The van der Waals surface area contributed by atoms with Crippen LogP contribution in [-0.2, 0) is 4.79 Å². The number of anilines is 1. The summed E-state index contributed by atoms with van der Waals surface area (Å²) >= 11 is 0. The lowest BCUT2D eigenvalue weighted by Gasteiger charge is -2.18. The predicted octanol–water partition coefficient (Wildman–Crippen LogP) is 0.315. The molecule has 0 aromatic carbocycles. The van der Waals surface area contributed by atoms with Gasteiger partial charge in [0, 0.05) is 31.2 Å². The Bertz CT molecular complexity index is 347. The molecule has 1 amide bonds. The first-order valence-electron chi connectivity index (χ1n) is 5.97. The fourth-order valence-electron chi connectivity index (χ4n) is 1.90. The van der Waals surface area contributed by atoms with E-state index in [0.29, 0.717) is 6.54 Å². The third kappa shape index (κ3) is 4.13. The van der Waals surface area contributed by atoms with E-state index in [9.17, 15) is 4.79 Å². The summed E-state index contributed by atoms with van der Waals surface area (Å²) in [5.41, 5.74) is 0.804. The van der Waals surface area contributed by atoms with Crippen LogP contribution in [0.2, 0.25) is 0 Å². The lowest BCUT2D eigenvalue weighted by atomic mass is 10.3. The third-order valence-corrected chi connectivity index (χ3v) is 2.76. The zero-order valence-corrected chi connectivity index (χ0v) is 9.85. The minimum Gasteiger partial charge on any atom is -0.325 e. The van der Waals surface area contributed by atoms with Crippen LogP contribution in [0, 0.1) is 0 Å². The lowest BCUT2D eigenvalue weighted by Crippen LogP contribution is -2.35. The van der Waals surface area contributed by atoms with Gasteiger partial charge < -0.3 is 10.6 Å². The van der Waals surface area contributed by atoms with Crippen LogP contribution in [0.1, 0.15) is 6.42 Å². The van der Waals surface area contributed by atoms with Crippen LogP contribution in [0.4, 0.5) is 5.69 Å². The zero-order valence-electron chi connectivity index (χ0n) is 9.85. The molecule has 1 aromatic rings. The number of pyridine rings is 1. The summed E-state index contributed by atoms with van der Waals surface area (Å²) < 4.78 is 0. The van der Waals surface area contributed by atoms with E-state index in [-0.39, 0.29) is 5.91 Å². The molecule has 5 nitrogen and oxygen atoms in total. The Morgan fingerprint density at radius 2 is 2.18 bits per heavy atom. The summed E-state index contributed by atoms with van der Waals surface area (Å²) in [6.45, 7) is 4.38. The number of hydrogen-bond acceptors (Lipinski definition) is 4. The Hall–Kier alpha value is -1.46. The molecule has 0 unspecified atom stereocenters. The highest BCUT2D eigenvalue weighted by atomic mass is 16.2. The van der Waals surface area contributed by atoms with Gasteiger partial charge in [0.1, 0.15) is 0 Å². The van der Waals surface area contributed by atoms with E-state index in [1.54, 1.807) is 24.5 Å². The average molecular weight is 234 g/mol. The number of aromatic nitrogens is 1. The highest BCUT2D eigenvalue weighted by Gasteiger charge is 2.12. The van der Waals surface area contributed by atoms with Crippen LogP contribution in [0.3, 0.4) is 0 Å². The van der Waals surface area contributed by atoms with Gasteiger partial charge in [0.05, 0.1) is 6.54 Å². The molecular weight excluding hydrogens is 216 g/mol. The summed E-state index contributed by atoms with van der Waals surface area (Å²) in [4.78, 5) is 17.9. The monoisotopic (exact) mass is 234 g/mol. The Morgan fingerprint density at radius 3 is 3.00 bits per heavy atom. The minimum atomic E-state index is 0.0399. The van der Waals surface area contributed by atoms with E-state index in [4.69, 9.17) is 0 Å². The van der Waals surface area contributed by atoms with E-state index < -0.39 is 0 Å². The topological polar surface area (TPSA) is 57.3 Å². The summed E-state index contributed by atoms with van der Waals surface area (Å²) in [5, 5.41) is 6.19. The molecule has 1 aliphatic heterocycles. The van der Waals surface area contributed by atoms with Gasteiger partial charge in [0.25, 0.3) is 0 Å². The van der Waals surface area contributed by atoms with Crippen molar-refractivity contribution in [3.63, 3.8) is 0 Å². The summed E-state index contributed by atoms with van der Waals surface area (Å²) in [6.07, 6.45) is 4.44. The minimum absolute atomic E-state index is 0.0399. The maximum Gasteiger partial charge on any atom is 0.238 e. The molecule has 2 rings (SSSR count). The van der Waals surface area contributed by atoms with Crippen LogP contribution in [-0.4, -0.2) is 48.5 Å². The highest BCUT2D eigenvalue weighted by Crippen LogP contribution is 2.03. The van der Waals surface area contributed by atoms with Gasteiger partial charge in [0.2, 0.25) is 5.91 Å². The maximum atomic E-state index is 11.8. The molecule has 0 atom stereocenters. The normalized spacial score (nSPS) is 17.4. The largest absolute Gasteiger partial charge is 0.325 e. The van der Waals surface area contributed by atoms with Gasteiger partial charge in [0.15, 0.2) is 0 Å². The first-order chi connectivity index (χ1) is 8.34. The molecule has 0 radical (unpaired) electrons. The Morgan fingerprint density at radius 1 is 1.35 bits per heavy atom. The molecule has 17 heavy (non-hydrogen) atoms. The molecule has 1 aromatic heterocycles. The van der Waals surface area contributed by atoms with Crippen molar-refractivity contribution in [1.82, 2.24) is 15.2 Å². The first-order valence-corrected chi connectivity index (χ1v) is 5.97. The fourth-order valence-corrected chi connectivity index (χ4v) is 1.90. The van der Waals surface area contributed by atoms with Crippen LogP contribution >= 0.6 is 0 Å². The molecule has 92 valence electrons. The SMILES string of the molecule is O=C(CN1CCCNCC1)Nc1ccncc1. The van der Waals surface area contributed by atoms with Crippen LogP contribution in [0.15, 0.2) is 24.5 Å². The van der Waals surface area contributed by atoms with Crippen molar-refractivity contribution in [1.29, 1.82) is 0 Å². The first kappa shape index (κ1) is 12.0. The van der Waals surface area contributed by atoms with Crippen molar-refractivity contribution in [3.8, 4) is 0 Å². The number of amides is 1. The summed E-state index contributed by atoms with van der Waals surface area (Å²) in [6, 6.07) is 3.59. The van der Waals surface area contributed by atoms with Crippen LogP contribution < -0.4 is 10.6 Å². The van der Waals surface area contributed by atoms with Crippen LogP contribution in [0.25, 0.3) is 0 Å². The molecule has 1 saturated heterocycles. The predicted molar refractivity (Wildman–Crippen MR) is 66.8 cm³/mol. The van der Waals surface area contributed by atoms with Crippen molar-refractivity contribution in [2.75, 3.05) is 38.0 Å². The summed E-state index contributed by atoms with van der Waals surface area (Å²) in [7, 11) is 0. The maximum absolute atomic E-state index is 11.8. The van der Waals surface area contributed by atoms with Crippen molar-refractivity contribution < 1.29 is 4.79 Å². The van der Waals surface area contributed by atoms with Gasteiger partial charge in [-0.2, -0.15) is 0 Å². The number of rotatable bonds is 3. The number of carbonyl (C=O) groups excluding carboxylic acids is 1. The molecule has 0 spiro atoms. The molecule has 0 aliphatic carbocycles. The Labute approximate surface area is 101 Å². The smallest absolute Gasteiger partial charge is 0.238 e. The number of nitrogens with one attached hydrogen (secondary N) is 2. The van der Waals surface area contributed by atoms with E-state index in [2.05, 4.69) is 20.5 Å². The lowest BCUT2D eigenvalue weighted by molar-refractivity contribution is -0.117. The van der Waals surface area contributed by atoms with Gasteiger partial charge in [-0.05, 0) is 31.6 Å². The molecule has 2 N–H and O–H groups in total. The van der Waals surface area contributed by atoms with Gasteiger partial charge in [-0.1, -0.05) is 0 Å². The van der Waals surface area contributed by atoms with Crippen LogP contribution in [0.5, 0.6) is 0 Å². The molecule has 0 bridgehead atoms. The van der Waals surface area contributed by atoms with Crippen molar-refractivity contribution in [2.45, 2.75) is 6.42 Å². The second-order valence-electron chi connectivity index (χ2n) is 4.16. The average Bonchev–Trinajstić information content (AvgIpc) is 2.59. The van der Waals surface area contributed by atoms with E-state index in [1.165, 1.54) is 0 Å². The fraction of sp³-hybridized carbons (Fsp3) is 0.500. The molecule has 1 fully saturated rings. The van der Waals surface area contributed by atoms with Gasteiger partial charge in [-0.15, -0.1) is 0 Å². The molecule has 1 aliphatic rings. The van der Waals surface area contributed by atoms with E-state index in [0.717, 1.165) is 38.3 Å². The Kier molecular flexibility index (Phi) is 4.46. The van der Waals surface area contributed by atoms with Gasteiger partial charge in [-0.3, -0.25) is 14.7 Å². The second-order valence-corrected chi connectivity index (χ2v) is 4.16. The summed E-state index contributed by atoms with van der Waals surface area (Å²) in [5.74, 6) is 0.0399. The van der Waals surface area contributed by atoms with Crippen molar-refractivity contribution in [2.24, 2.45) is 0 Å². The molecule has 0 saturated carbocycles. The second kappa shape index (κ2) is 6.32. The zero-order chi connectivity index (χ0) is 11.9. The number of hydrogen-bond donors (Lipinski definition) is 2. The van der Waals surface area contributed by atoms with Gasteiger partial charge >= 0.3 is 0 Å². The number of carbonyl (C=O) groups is 1. The number of nitrogens with zero attached hydrogens (tertiary/aromatic N) is 2. The van der Waals surface area contributed by atoms with Crippen molar-refractivity contribution >= 4 is 11.6 Å². The van der Waals surface area contributed by atoms with E-state index >= 15 is 0 Å². The molecule has 2 heterocycles. The molecule has 5 heteroatoms. The van der Waals surface area contributed by atoms with Gasteiger partial charge in [-0.25, -0.2) is 0 Å². The standard InChI is InChI=1S/C12H18N4O/c17-12(15-11-2-5-14-6-3-11)10-16-8-1-4-13-7-9-16/h2-3,5-6,13H,1,4,7-10H2,(H,14,15,17). The van der Waals surface area contributed by atoms with Crippen molar-refractivity contribution in [3.05, 3.63) is 24.5 Å². The Balaban J connectivity index is 1.80.